The molecular formula is C8H16N2O5. The van der Waals surface area contributed by atoms with Gasteiger partial charge in [-0.05, 0) is 20.8 Å². The van der Waals surface area contributed by atoms with Crippen molar-refractivity contribution in [3.8, 4) is 0 Å². The van der Waals surface area contributed by atoms with E-state index >= 15 is 0 Å². The Labute approximate surface area is 88.9 Å². The number of aliphatic hydroxyl groups excluding tert-OH is 1. The molecule has 0 heterocycles. The van der Waals surface area contributed by atoms with Crippen molar-refractivity contribution in [2.75, 3.05) is 6.61 Å². The minimum absolute atomic E-state index is 0.139. The van der Waals surface area contributed by atoms with E-state index in [0.717, 1.165) is 0 Å². The van der Waals surface area contributed by atoms with Gasteiger partial charge in [-0.2, -0.15) is 0 Å². The maximum Gasteiger partial charge on any atom is 0.422 e. The Bertz CT molecular complexity index is 266. The minimum atomic E-state index is -1.43. The molecule has 0 unspecified atom stereocenters. The molecule has 0 saturated heterocycles. The third-order valence-electron chi connectivity index (χ3n) is 1.19. The molecule has 0 aromatic carbocycles. The quantitative estimate of drug-likeness (QED) is 0.475. The second-order valence-electron chi connectivity index (χ2n) is 3.79. The number of hydrogen-bond acceptors (Lipinski definition) is 5. The van der Waals surface area contributed by atoms with Crippen LogP contribution in [0.4, 0.5) is 4.79 Å². The molecule has 1 amide bonds. The number of amides is 1. The van der Waals surface area contributed by atoms with Crippen LogP contribution in [0.1, 0.15) is 20.8 Å². The Hall–Kier alpha value is -1.34. The Balaban J connectivity index is 4.29. The molecule has 0 aliphatic rings. The van der Waals surface area contributed by atoms with Crippen molar-refractivity contribution in [1.29, 1.82) is 0 Å². The highest BCUT2D eigenvalue weighted by Gasteiger charge is 2.19. The summed E-state index contributed by atoms with van der Waals surface area (Å²) in [5.74, 6) is -1.37. The molecule has 0 aromatic rings. The van der Waals surface area contributed by atoms with Gasteiger partial charge in [-0.25, -0.2) is 10.2 Å². The fourth-order valence-electron chi connectivity index (χ4n) is 0.590. The van der Waals surface area contributed by atoms with Gasteiger partial charge in [-0.3, -0.25) is 10.2 Å². The normalized spacial score (nSPS) is 14.0. The van der Waals surface area contributed by atoms with Crippen LogP contribution < -0.4 is 10.8 Å². The second-order valence-corrected chi connectivity index (χ2v) is 3.79. The summed E-state index contributed by atoms with van der Waals surface area (Å²) in [5, 5.41) is 17.2. The standard InChI is InChI=1S/C8H16N2O5/c1-8(2,3)15-7(14)10-9-5(4-11)6(12)13/h5,9,11H,4H2,1-3H3,(H,10,14)(H,12,13)/t5-/m0/s1/i/hD. The highest BCUT2D eigenvalue weighted by atomic mass is 16.6. The molecule has 0 radical (unpaired) electrons. The molecule has 7 nitrogen and oxygen atoms in total. The van der Waals surface area contributed by atoms with Crippen LogP contribution in [0.15, 0.2) is 0 Å². The number of hydrogen-bond donors (Lipinski definition) is 4. The van der Waals surface area contributed by atoms with E-state index in [9.17, 15) is 9.59 Å². The number of carbonyl (C=O) groups is 2. The fourth-order valence-corrected chi connectivity index (χ4v) is 0.590. The number of carboxylic acid groups (broad SMARTS) is 1. The van der Waals surface area contributed by atoms with Crippen LogP contribution in [-0.2, 0) is 9.53 Å². The van der Waals surface area contributed by atoms with Gasteiger partial charge in [0.1, 0.15) is 11.6 Å². The molecule has 7 heteroatoms. The Morgan fingerprint density at radius 2 is 2.07 bits per heavy atom. The third-order valence-corrected chi connectivity index (χ3v) is 1.19. The first kappa shape index (κ1) is 11.7. The van der Waals surface area contributed by atoms with E-state index in [0.29, 0.717) is 0 Å². The van der Waals surface area contributed by atoms with E-state index in [1.54, 1.807) is 20.8 Å². The van der Waals surface area contributed by atoms with Crippen molar-refractivity contribution in [3.63, 3.8) is 0 Å². The van der Waals surface area contributed by atoms with Gasteiger partial charge in [0.25, 0.3) is 0 Å². The van der Waals surface area contributed by atoms with Gasteiger partial charge in [0, 0.05) is 0 Å². The summed E-state index contributed by atoms with van der Waals surface area (Å²) < 4.78 is 11.9. The van der Waals surface area contributed by atoms with Crippen LogP contribution in [0.25, 0.3) is 0 Å². The average molecular weight is 221 g/mol. The molecule has 0 fully saturated rings. The fraction of sp³-hybridized carbons (Fsp3) is 0.750. The number of carbonyl (C=O) groups excluding carboxylic acids is 1. The zero-order valence-corrected chi connectivity index (χ0v) is 8.85. The van der Waals surface area contributed by atoms with E-state index in [-0.39, 0.29) is 5.42 Å². The van der Waals surface area contributed by atoms with E-state index in [1.807, 2.05) is 5.43 Å². The van der Waals surface area contributed by atoms with Gasteiger partial charge in [-0.1, -0.05) is 0 Å². The number of ether oxygens (including phenoxy) is 1. The maximum atomic E-state index is 11.2. The summed E-state index contributed by atoms with van der Waals surface area (Å²) >= 11 is 0. The third kappa shape index (κ3) is 6.69. The van der Waals surface area contributed by atoms with Gasteiger partial charge < -0.3 is 14.9 Å². The second kappa shape index (κ2) is 5.52. The SMILES string of the molecule is [2H]N(N[C@@H](CO)C(=O)O)C(=O)OC(C)(C)C. The average Bonchev–Trinajstić information content (AvgIpc) is 2.10. The summed E-state index contributed by atoms with van der Waals surface area (Å²) in [5.41, 5.74) is 1.32. The van der Waals surface area contributed by atoms with Gasteiger partial charge in [0.15, 0.2) is 1.41 Å². The zero-order valence-electron chi connectivity index (χ0n) is 9.85. The largest absolute Gasteiger partial charge is 0.480 e. The molecule has 0 saturated carbocycles. The van der Waals surface area contributed by atoms with E-state index < -0.39 is 30.3 Å². The molecule has 88 valence electrons. The smallest absolute Gasteiger partial charge is 0.422 e. The molecule has 0 spiro atoms. The number of aliphatic hydroxyl groups is 1. The number of carboxylic acids is 1. The molecule has 0 bridgehead atoms. The molecule has 1 atom stereocenters. The first-order valence-electron chi connectivity index (χ1n) is 4.74. The molecule has 0 rings (SSSR count). The van der Waals surface area contributed by atoms with Crippen molar-refractivity contribution < 1.29 is 26.0 Å². The summed E-state index contributed by atoms with van der Waals surface area (Å²) in [7, 11) is 0. The number of hydrazine groups is 1. The lowest BCUT2D eigenvalue weighted by atomic mass is 10.2. The lowest BCUT2D eigenvalue weighted by Gasteiger charge is -2.20. The summed E-state index contributed by atoms with van der Waals surface area (Å²) in [6.07, 6.45) is -1.05. The Morgan fingerprint density at radius 3 is 2.40 bits per heavy atom. The predicted octanol–water partition coefficient (Wildman–Crippen LogP) is -0.539. The molecule has 0 aromatic heterocycles. The van der Waals surface area contributed by atoms with Crippen LogP contribution in [0.5, 0.6) is 0 Å². The van der Waals surface area contributed by atoms with Gasteiger partial charge in [0.05, 0.1) is 6.61 Å². The molecule has 15 heavy (non-hydrogen) atoms. The van der Waals surface area contributed by atoms with Crippen molar-refractivity contribution in [2.24, 2.45) is 0 Å². The van der Waals surface area contributed by atoms with Crippen molar-refractivity contribution in [2.45, 2.75) is 32.4 Å². The van der Waals surface area contributed by atoms with Crippen LogP contribution in [0.2, 0.25) is 1.41 Å². The lowest BCUT2D eigenvalue weighted by molar-refractivity contribution is -0.140. The van der Waals surface area contributed by atoms with Gasteiger partial charge in [-0.15, -0.1) is 0 Å². The van der Waals surface area contributed by atoms with E-state index in [1.165, 1.54) is 0 Å². The molecule has 0 aliphatic heterocycles. The van der Waals surface area contributed by atoms with Crippen LogP contribution >= 0.6 is 0 Å². The number of rotatable bonds is 4. The van der Waals surface area contributed by atoms with Crippen molar-refractivity contribution >= 4 is 12.1 Å². The maximum absolute atomic E-state index is 11.2. The van der Waals surface area contributed by atoms with E-state index in [2.05, 4.69) is 0 Å². The first-order valence-corrected chi connectivity index (χ1v) is 4.29. The monoisotopic (exact) mass is 221 g/mol. The Morgan fingerprint density at radius 1 is 1.53 bits per heavy atom. The van der Waals surface area contributed by atoms with Crippen LogP contribution in [0, 0.1) is 0 Å². The predicted molar refractivity (Wildman–Crippen MR) is 51.0 cm³/mol. The molecule has 4 N–H and O–H groups in total. The molecular weight excluding hydrogens is 204 g/mol. The summed E-state index contributed by atoms with van der Waals surface area (Å²) in [6, 6.07) is -1.43. The number of nitrogens with one attached hydrogen (secondary N) is 2. The van der Waals surface area contributed by atoms with E-state index in [4.69, 9.17) is 16.4 Å². The summed E-state index contributed by atoms with van der Waals surface area (Å²) in [4.78, 5) is 21.7. The highest BCUT2D eigenvalue weighted by molar-refractivity contribution is 5.74. The zero-order chi connectivity index (χ0) is 12.9. The first-order chi connectivity index (χ1) is 7.17. The number of aliphatic carboxylic acids is 1. The van der Waals surface area contributed by atoms with Crippen LogP contribution in [0.3, 0.4) is 0 Å². The molecule has 0 aliphatic carbocycles. The van der Waals surface area contributed by atoms with Crippen LogP contribution in [-0.4, -0.2) is 40.5 Å². The van der Waals surface area contributed by atoms with Gasteiger partial charge >= 0.3 is 12.1 Å². The highest BCUT2D eigenvalue weighted by Crippen LogP contribution is 2.05. The van der Waals surface area contributed by atoms with Crippen molar-refractivity contribution in [3.05, 3.63) is 0 Å². The minimum Gasteiger partial charge on any atom is -0.480 e. The van der Waals surface area contributed by atoms with Gasteiger partial charge in [0.2, 0.25) is 0 Å². The summed E-state index contributed by atoms with van der Waals surface area (Å²) in [6.45, 7) is 4.09. The Kier molecular flexibility index (Phi) is 4.32. The lowest BCUT2D eigenvalue weighted by Crippen LogP contribution is -2.51. The topological polar surface area (TPSA) is 108 Å². The van der Waals surface area contributed by atoms with Crippen molar-refractivity contribution in [1.82, 2.24) is 10.8 Å².